The van der Waals surface area contributed by atoms with Gasteiger partial charge in [-0.25, -0.2) is 0 Å². The number of hydrogen-bond acceptors (Lipinski definition) is 3. The van der Waals surface area contributed by atoms with Crippen molar-refractivity contribution in [1.82, 2.24) is 14.7 Å². The molecule has 1 aromatic heterocycles. The lowest BCUT2D eigenvalue weighted by atomic mass is 9.92. The second kappa shape index (κ2) is 4.92. The highest BCUT2D eigenvalue weighted by Crippen LogP contribution is 2.44. The van der Waals surface area contributed by atoms with Crippen molar-refractivity contribution < 1.29 is 14.7 Å². The standard InChI is InChI=1S/C14H19N3O3/c1-16-6-9(5-15-16)4-13(18)17-7-11(10-2-3-10)12(8-17)14(19)20/h5-6,10-12H,2-4,7-8H2,1H3,(H,19,20)/t11-,12+/m0/s1. The summed E-state index contributed by atoms with van der Waals surface area (Å²) in [6.07, 6.45) is 6.03. The highest BCUT2D eigenvalue weighted by atomic mass is 16.4. The van der Waals surface area contributed by atoms with Crippen LogP contribution in [-0.4, -0.2) is 44.8 Å². The molecule has 0 unspecified atom stereocenters. The van der Waals surface area contributed by atoms with E-state index in [1.54, 1.807) is 15.8 Å². The molecule has 1 saturated heterocycles. The van der Waals surface area contributed by atoms with E-state index in [0.717, 1.165) is 18.4 Å². The third kappa shape index (κ3) is 2.55. The lowest BCUT2D eigenvalue weighted by Gasteiger charge is -2.15. The number of likely N-dealkylation sites (tertiary alicyclic amines) is 1. The maximum Gasteiger partial charge on any atom is 0.308 e. The lowest BCUT2D eigenvalue weighted by molar-refractivity contribution is -0.142. The summed E-state index contributed by atoms with van der Waals surface area (Å²) in [7, 11) is 1.81. The highest BCUT2D eigenvalue weighted by molar-refractivity contribution is 5.80. The van der Waals surface area contributed by atoms with E-state index in [2.05, 4.69) is 5.10 Å². The van der Waals surface area contributed by atoms with E-state index in [1.165, 1.54) is 0 Å². The molecule has 0 radical (unpaired) electrons. The fourth-order valence-electron chi connectivity index (χ4n) is 3.15. The highest BCUT2D eigenvalue weighted by Gasteiger charge is 2.46. The van der Waals surface area contributed by atoms with Crippen molar-refractivity contribution in [2.75, 3.05) is 13.1 Å². The molecule has 0 bridgehead atoms. The zero-order valence-electron chi connectivity index (χ0n) is 11.5. The molecule has 6 nitrogen and oxygen atoms in total. The number of nitrogens with zero attached hydrogens (tertiary/aromatic N) is 3. The van der Waals surface area contributed by atoms with Crippen LogP contribution in [0.5, 0.6) is 0 Å². The zero-order valence-corrected chi connectivity index (χ0v) is 11.5. The van der Waals surface area contributed by atoms with Crippen LogP contribution in [0.25, 0.3) is 0 Å². The Morgan fingerprint density at radius 2 is 2.15 bits per heavy atom. The van der Waals surface area contributed by atoms with Crippen LogP contribution >= 0.6 is 0 Å². The van der Waals surface area contributed by atoms with Crippen molar-refractivity contribution >= 4 is 11.9 Å². The summed E-state index contributed by atoms with van der Waals surface area (Å²) < 4.78 is 1.67. The number of carboxylic acid groups (broad SMARTS) is 1. The third-order valence-electron chi connectivity index (χ3n) is 4.38. The van der Waals surface area contributed by atoms with Gasteiger partial charge in [0.05, 0.1) is 18.5 Å². The van der Waals surface area contributed by atoms with Crippen LogP contribution in [0.3, 0.4) is 0 Å². The first-order chi connectivity index (χ1) is 9.54. The number of carbonyl (C=O) groups is 2. The van der Waals surface area contributed by atoms with Gasteiger partial charge in [0.15, 0.2) is 0 Å². The second-order valence-electron chi connectivity index (χ2n) is 5.94. The monoisotopic (exact) mass is 277 g/mol. The Labute approximate surface area is 117 Å². The molecule has 1 aromatic rings. The van der Waals surface area contributed by atoms with Gasteiger partial charge in [0.25, 0.3) is 0 Å². The summed E-state index contributed by atoms with van der Waals surface area (Å²) in [5.74, 6) is -0.496. The summed E-state index contributed by atoms with van der Waals surface area (Å²) in [6.45, 7) is 0.955. The predicted molar refractivity (Wildman–Crippen MR) is 70.8 cm³/mol. The molecule has 0 aromatic carbocycles. The van der Waals surface area contributed by atoms with Gasteiger partial charge in [0.1, 0.15) is 0 Å². The molecule has 108 valence electrons. The number of carboxylic acids is 1. The zero-order chi connectivity index (χ0) is 14.3. The van der Waals surface area contributed by atoms with E-state index in [-0.39, 0.29) is 17.7 Å². The molecule has 1 aliphatic carbocycles. The minimum Gasteiger partial charge on any atom is -0.481 e. The fraction of sp³-hybridized carbons (Fsp3) is 0.643. The maximum absolute atomic E-state index is 12.3. The van der Waals surface area contributed by atoms with Crippen molar-refractivity contribution in [2.24, 2.45) is 24.8 Å². The van der Waals surface area contributed by atoms with Crippen LogP contribution < -0.4 is 0 Å². The van der Waals surface area contributed by atoms with Gasteiger partial charge in [-0.15, -0.1) is 0 Å². The first kappa shape index (κ1) is 13.1. The third-order valence-corrected chi connectivity index (χ3v) is 4.38. The Hall–Kier alpha value is -1.85. The number of aryl methyl sites for hydroxylation is 1. The topological polar surface area (TPSA) is 75.4 Å². The number of aliphatic carboxylic acids is 1. The smallest absolute Gasteiger partial charge is 0.308 e. The molecule has 20 heavy (non-hydrogen) atoms. The van der Waals surface area contributed by atoms with Gasteiger partial charge >= 0.3 is 5.97 Å². The quantitative estimate of drug-likeness (QED) is 0.871. The van der Waals surface area contributed by atoms with Crippen LogP contribution in [0.4, 0.5) is 0 Å². The first-order valence-electron chi connectivity index (χ1n) is 7.02. The van der Waals surface area contributed by atoms with Crippen molar-refractivity contribution in [2.45, 2.75) is 19.3 Å². The van der Waals surface area contributed by atoms with Crippen LogP contribution in [-0.2, 0) is 23.1 Å². The molecule has 0 spiro atoms. The first-order valence-corrected chi connectivity index (χ1v) is 7.02. The van der Waals surface area contributed by atoms with E-state index < -0.39 is 5.97 Å². The average molecular weight is 277 g/mol. The van der Waals surface area contributed by atoms with Gasteiger partial charge in [-0.05, 0) is 30.2 Å². The number of rotatable bonds is 4. The SMILES string of the molecule is Cn1cc(CC(=O)N2C[C@@H](C(=O)O)[C@H](C3CC3)C2)cn1. The van der Waals surface area contributed by atoms with Gasteiger partial charge in [0, 0.05) is 26.3 Å². The molecule has 2 heterocycles. The Morgan fingerprint density at radius 1 is 1.40 bits per heavy atom. The summed E-state index contributed by atoms with van der Waals surface area (Å²) in [6, 6.07) is 0. The number of carbonyl (C=O) groups excluding carboxylic acids is 1. The van der Waals surface area contributed by atoms with Crippen molar-refractivity contribution in [3.63, 3.8) is 0 Å². The molecule has 1 aliphatic heterocycles. The predicted octanol–water partition coefficient (Wildman–Crippen LogP) is 0.532. The molecular weight excluding hydrogens is 258 g/mol. The number of aromatic nitrogens is 2. The van der Waals surface area contributed by atoms with Crippen LogP contribution in [0.2, 0.25) is 0 Å². The van der Waals surface area contributed by atoms with E-state index in [0.29, 0.717) is 25.4 Å². The van der Waals surface area contributed by atoms with Crippen LogP contribution in [0, 0.1) is 17.8 Å². The van der Waals surface area contributed by atoms with Gasteiger partial charge in [-0.1, -0.05) is 0 Å². The molecule has 1 saturated carbocycles. The molecule has 6 heteroatoms. The van der Waals surface area contributed by atoms with Crippen molar-refractivity contribution in [3.05, 3.63) is 18.0 Å². The lowest BCUT2D eigenvalue weighted by Crippen LogP contribution is -2.31. The van der Waals surface area contributed by atoms with E-state index in [1.807, 2.05) is 13.2 Å². The van der Waals surface area contributed by atoms with Gasteiger partial charge in [0.2, 0.25) is 5.91 Å². The Kier molecular flexibility index (Phi) is 3.23. The van der Waals surface area contributed by atoms with E-state index >= 15 is 0 Å². The average Bonchev–Trinajstić information content (AvgIpc) is 3.00. The molecule has 2 atom stereocenters. The molecule has 2 fully saturated rings. The van der Waals surface area contributed by atoms with Crippen LogP contribution in [0.1, 0.15) is 18.4 Å². The summed E-state index contributed by atoms with van der Waals surface area (Å²) >= 11 is 0. The number of amides is 1. The van der Waals surface area contributed by atoms with Crippen molar-refractivity contribution in [3.8, 4) is 0 Å². The summed E-state index contributed by atoms with van der Waals surface area (Å²) in [4.78, 5) is 25.3. The largest absolute Gasteiger partial charge is 0.481 e. The van der Waals surface area contributed by atoms with E-state index in [4.69, 9.17) is 0 Å². The minimum atomic E-state index is -0.765. The van der Waals surface area contributed by atoms with Gasteiger partial charge < -0.3 is 10.0 Å². The van der Waals surface area contributed by atoms with Crippen LogP contribution in [0.15, 0.2) is 12.4 Å². The molecular formula is C14H19N3O3. The normalized spacial score (nSPS) is 25.9. The maximum atomic E-state index is 12.3. The Morgan fingerprint density at radius 3 is 2.70 bits per heavy atom. The van der Waals surface area contributed by atoms with Gasteiger partial charge in [-0.2, -0.15) is 5.10 Å². The summed E-state index contributed by atoms with van der Waals surface area (Å²) in [5, 5.41) is 13.3. The Balaban J connectivity index is 1.65. The second-order valence-corrected chi connectivity index (χ2v) is 5.94. The Bertz CT molecular complexity index is 536. The molecule has 1 N–H and O–H groups in total. The van der Waals surface area contributed by atoms with E-state index in [9.17, 15) is 14.7 Å². The number of hydrogen-bond donors (Lipinski definition) is 1. The fourth-order valence-corrected chi connectivity index (χ4v) is 3.15. The minimum absolute atomic E-state index is 0.00685. The summed E-state index contributed by atoms with van der Waals surface area (Å²) in [5.41, 5.74) is 0.874. The molecule has 3 rings (SSSR count). The van der Waals surface area contributed by atoms with Crippen molar-refractivity contribution in [1.29, 1.82) is 0 Å². The molecule has 2 aliphatic rings. The molecule has 1 amide bonds. The van der Waals surface area contributed by atoms with Gasteiger partial charge in [-0.3, -0.25) is 14.3 Å².